The van der Waals surface area contributed by atoms with Crippen LogP contribution in [0.15, 0.2) is 48.8 Å². The van der Waals surface area contributed by atoms with Crippen molar-refractivity contribution < 1.29 is 13.2 Å². The van der Waals surface area contributed by atoms with E-state index in [1.54, 1.807) is 18.5 Å². The van der Waals surface area contributed by atoms with Crippen LogP contribution in [0.3, 0.4) is 0 Å². The number of benzene rings is 1. The second-order valence-corrected chi connectivity index (χ2v) is 4.59. The van der Waals surface area contributed by atoms with Crippen LogP contribution in [-0.4, -0.2) is 4.98 Å². The highest BCUT2D eigenvalue weighted by atomic mass is 19.4. The second-order valence-electron chi connectivity index (χ2n) is 4.59. The molecule has 0 aliphatic carbocycles. The van der Waals surface area contributed by atoms with E-state index in [9.17, 15) is 13.2 Å². The van der Waals surface area contributed by atoms with Crippen LogP contribution in [0.2, 0.25) is 0 Å². The van der Waals surface area contributed by atoms with E-state index in [0.29, 0.717) is 12.1 Å². The predicted octanol–water partition coefficient (Wildman–Crippen LogP) is 3.95. The van der Waals surface area contributed by atoms with E-state index >= 15 is 0 Å². The minimum atomic E-state index is -4.31. The van der Waals surface area contributed by atoms with Crippen molar-refractivity contribution in [2.45, 2.75) is 25.7 Å². The fourth-order valence-electron chi connectivity index (χ4n) is 1.88. The third-order valence-electron chi connectivity index (χ3n) is 3.05. The normalized spacial score (nSPS) is 13.2. The van der Waals surface area contributed by atoms with Gasteiger partial charge in [0.2, 0.25) is 0 Å². The number of alkyl halides is 3. The van der Waals surface area contributed by atoms with E-state index in [1.807, 2.05) is 19.1 Å². The number of nitrogens with zero attached hydrogens (tertiary/aromatic N) is 1. The molecule has 1 N–H and O–H groups in total. The lowest BCUT2D eigenvalue weighted by Gasteiger charge is -2.16. The van der Waals surface area contributed by atoms with Crippen molar-refractivity contribution in [3.63, 3.8) is 0 Å². The molecule has 1 aromatic heterocycles. The summed E-state index contributed by atoms with van der Waals surface area (Å²) >= 11 is 0. The molecular formula is C15H15F3N2. The van der Waals surface area contributed by atoms with E-state index in [-0.39, 0.29) is 6.04 Å². The van der Waals surface area contributed by atoms with Gasteiger partial charge in [-0.3, -0.25) is 4.98 Å². The van der Waals surface area contributed by atoms with Crippen molar-refractivity contribution in [2.24, 2.45) is 0 Å². The summed E-state index contributed by atoms with van der Waals surface area (Å²) in [6, 6.07) is 8.96. The smallest absolute Gasteiger partial charge is 0.306 e. The Kier molecular flexibility index (Phi) is 4.39. The molecule has 2 rings (SSSR count). The molecule has 0 saturated heterocycles. The Balaban J connectivity index is 2.04. The maximum atomic E-state index is 12.7. The van der Waals surface area contributed by atoms with Gasteiger partial charge in [-0.2, -0.15) is 13.2 Å². The minimum absolute atomic E-state index is 0.169. The molecule has 2 aromatic rings. The summed E-state index contributed by atoms with van der Waals surface area (Å²) in [5.41, 5.74) is 0.986. The van der Waals surface area contributed by atoms with Crippen LogP contribution in [-0.2, 0) is 12.7 Å². The molecule has 1 heterocycles. The number of aromatic nitrogens is 1. The highest BCUT2D eigenvalue weighted by molar-refractivity contribution is 5.27. The number of pyridine rings is 1. The van der Waals surface area contributed by atoms with Gasteiger partial charge in [0, 0.05) is 25.0 Å². The van der Waals surface area contributed by atoms with E-state index < -0.39 is 11.7 Å². The van der Waals surface area contributed by atoms with Crippen LogP contribution in [0.25, 0.3) is 0 Å². The van der Waals surface area contributed by atoms with E-state index in [4.69, 9.17) is 0 Å². The van der Waals surface area contributed by atoms with Gasteiger partial charge in [-0.15, -0.1) is 0 Å². The number of hydrogen-bond acceptors (Lipinski definition) is 2. The Hall–Kier alpha value is -1.88. The molecule has 0 fully saturated rings. The Bertz CT molecular complexity index is 553. The van der Waals surface area contributed by atoms with Gasteiger partial charge in [0.25, 0.3) is 0 Å². The van der Waals surface area contributed by atoms with Crippen LogP contribution in [0.4, 0.5) is 13.2 Å². The first-order chi connectivity index (χ1) is 9.47. The minimum Gasteiger partial charge on any atom is -0.306 e. The molecule has 0 spiro atoms. The fraction of sp³-hybridized carbons (Fsp3) is 0.267. The van der Waals surface area contributed by atoms with E-state index in [0.717, 1.165) is 11.6 Å². The fourth-order valence-corrected chi connectivity index (χ4v) is 1.88. The van der Waals surface area contributed by atoms with Crippen LogP contribution < -0.4 is 5.32 Å². The van der Waals surface area contributed by atoms with Gasteiger partial charge in [-0.05, 0) is 36.2 Å². The molecule has 0 radical (unpaired) electrons. The Labute approximate surface area is 115 Å². The summed E-state index contributed by atoms with van der Waals surface area (Å²) in [6.07, 6.45) is -0.898. The summed E-state index contributed by atoms with van der Waals surface area (Å²) in [6.45, 7) is 2.40. The third kappa shape index (κ3) is 3.81. The standard InChI is InChI=1S/C15H15F3N2/c1-11(20-10-12-4-3-7-19-9-12)13-5-2-6-14(8-13)15(16,17)18/h2-9,11,20H,10H2,1H3. The largest absolute Gasteiger partial charge is 0.416 e. The average Bonchev–Trinajstić information content (AvgIpc) is 2.45. The van der Waals surface area contributed by atoms with Crippen molar-refractivity contribution in [3.8, 4) is 0 Å². The Morgan fingerprint density at radius 2 is 2.00 bits per heavy atom. The van der Waals surface area contributed by atoms with Gasteiger partial charge in [0.15, 0.2) is 0 Å². The van der Waals surface area contributed by atoms with Gasteiger partial charge in [-0.1, -0.05) is 18.2 Å². The lowest BCUT2D eigenvalue weighted by molar-refractivity contribution is -0.137. The first-order valence-electron chi connectivity index (χ1n) is 6.26. The van der Waals surface area contributed by atoms with Crippen LogP contribution >= 0.6 is 0 Å². The highest BCUT2D eigenvalue weighted by Gasteiger charge is 2.30. The molecule has 0 amide bonds. The number of nitrogens with one attached hydrogen (secondary N) is 1. The molecule has 2 nitrogen and oxygen atoms in total. The van der Waals surface area contributed by atoms with Crippen molar-refractivity contribution in [3.05, 3.63) is 65.5 Å². The zero-order valence-electron chi connectivity index (χ0n) is 11.0. The van der Waals surface area contributed by atoms with Crippen LogP contribution in [0, 0.1) is 0 Å². The van der Waals surface area contributed by atoms with Crippen molar-refractivity contribution >= 4 is 0 Å². The maximum Gasteiger partial charge on any atom is 0.416 e. The summed E-state index contributed by atoms with van der Waals surface area (Å²) in [5.74, 6) is 0. The summed E-state index contributed by atoms with van der Waals surface area (Å²) < 4.78 is 38.0. The van der Waals surface area contributed by atoms with Crippen molar-refractivity contribution in [2.75, 3.05) is 0 Å². The first-order valence-corrected chi connectivity index (χ1v) is 6.26. The second kappa shape index (κ2) is 6.05. The van der Waals surface area contributed by atoms with Crippen molar-refractivity contribution in [1.82, 2.24) is 10.3 Å². The van der Waals surface area contributed by atoms with Gasteiger partial charge in [0.05, 0.1) is 5.56 Å². The average molecular weight is 280 g/mol. The van der Waals surface area contributed by atoms with Crippen LogP contribution in [0.1, 0.15) is 29.7 Å². The van der Waals surface area contributed by atoms with Crippen LogP contribution in [0.5, 0.6) is 0 Å². The van der Waals surface area contributed by atoms with Gasteiger partial charge < -0.3 is 5.32 Å². The van der Waals surface area contributed by atoms with E-state index in [2.05, 4.69) is 10.3 Å². The molecule has 0 aliphatic rings. The van der Waals surface area contributed by atoms with Gasteiger partial charge in [-0.25, -0.2) is 0 Å². The monoisotopic (exact) mass is 280 g/mol. The Morgan fingerprint density at radius 3 is 2.65 bits per heavy atom. The molecule has 1 atom stereocenters. The quantitative estimate of drug-likeness (QED) is 0.917. The lowest BCUT2D eigenvalue weighted by Crippen LogP contribution is -2.18. The zero-order valence-corrected chi connectivity index (χ0v) is 11.0. The molecule has 5 heteroatoms. The number of rotatable bonds is 4. The SMILES string of the molecule is CC(NCc1cccnc1)c1cccc(C(F)(F)F)c1. The zero-order chi connectivity index (χ0) is 14.6. The maximum absolute atomic E-state index is 12.7. The van der Waals surface area contributed by atoms with Gasteiger partial charge in [0.1, 0.15) is 0 Å². The molecule has 1 unspecified atom stereocenters. The lowest BCUT2D eigenvalue weighted by atomic mass is 10.0. The molecule has 0 aliphatic heterocycles. The predicted molar refractivity (Wildman–Crippen MR) is 70.9 cm³/mol. The van der Waals surface area contributed by atoms with Gasteiger partial charge >= 0.3 is 6.18 Å². The molecule has 0 saturated carbocycles. The molecule has 106 valence electrons. The highest BCUT2D eigenvalue weighted by Crippen LogP contribution is 2.30. The summed E-state index contributed by atoms with van der Waals surface area (Å²) in [5, 5.41) is 3.19. The third-order valence-corrected chi connectivity index (χ3v) is 3.05. The summed E-state index contributed by atoms with van der Waals surface area (Å²) in [4.78, 5) is 3.99. The molecule has 1 aromatic carbocycles. The Morgan fingerprint density at radius 1 is 1.20 bits per heavy atom. The number of hydrogen-bond donors (Lipinski definition) is 1. The first kappa shape index (κ1) is 14.5. The van der Waals surface area contributed by atoms with E-state index in [1.165, 1.54) is 12.1 Å². The molecule has 0 bridgehead atoms. The molecular weight excluding hydrogens is 265 g/mol. The van der Waals surface area contributed by atoms with Crippen molar-refractivity contribution in [1.29, 1.82) is 0 Å². The number of halogens is 3. The summed E-state index contributed by atoms with van der Waals surface area (Å²) in [7, 11) is 0. The topological polar surface area (TPSA) is 24.9 Å². The molecule has 20 heavy (non-hydrogen) atoms.